The van der Waals surface area contributed by atoms with Gasteiger partial charge in [0.2, 0.25) is 0 Å². The zero-order valence-corrected chi connectivity index (χ0v) is 17.8. The smallest absolute Gasteiger partial charge is 0.293 e. The average molecular weight is 417 g/mol. The van der Waals surface area contributed by atoms with E-state index in [-0.39, 0.29) is 29.4 Å². The fourth-order valence-corrected chi connectivity index (χ4v) is 4.40. The zero-order chi connectivity index (χ0) is 22.1. The maximum absolute atomic E-state index is 13.2. The average Bonchev–Trinajstić information content (AvgIpc) is 2.76. The van der Waals surface area contributed by atoms with Crippen molar-refractivity contribution < 1.29 is 23.9 Å². The van der Waals surface area contributed by atoms with Crippen molar-refractivity contribution in [1.82, 2.24) is 0 Å². The minimum absolute atomic E-state index is 0.0254. The number of fused-ring (bicyclic) bond motifs is 2. The molecule has 1 saturated carbocycles. The van der Waals surface area contributed by atoms with Crippen LogP contribution in [-0.4, -0.2) is 51.5 Å². The second-order valence-electron chi connectivity index (χ2n) is 7.68. The van der Waals surface area contributed by atoms with Crippen LogP contribution < -0.4 is 10.6 Å². The maximum Gasteiger partial charge on any atom is 0.293 e. The predicted octanol–water partition coefficient (Wildman–Crippen LogP) is 2.51. The summed E-state index contributed by atoms with van der Waals surface area (Å²) in [6, 6.07) is 5.82. The van der Waals surface area contributed by atoms with Gasteiger partial charge in [-0.1, -0.05) is 18.7 Å². The van der Waals surface area contributed by atoms with E-state index in [1.165, 1.54) is 6.08 Å². The number of benzene rings is 1. The molecule has 2 aliphatic rings. The van der Waals surface area contributed by atoms with Gasteiger partial charge in [-0.3, -0.25) is 14.4 Å². The Morgan fingerprint density at radius 1 is 1.30 bits per heavy atom. The summed E-state index contributed by atoms with van der Waals surface area (Å²) in [5.74, 6) is 0.444. The molecule has 0 bridgehead atoms. The maximum atomic E-state index is 13.2. The molecule has 0 amide bonds. The molecule has 1 heterocycles. The minimum atomic E-state index is -0.106. The Bertz CT molecular complexity index is 756. The molecule has 2 N–H and O–H groups in total. The molecule has 7 heteroatoms. The van der Waals surface area contributed by atoms with Gasteiger partial charge in [0.15, 0.2) is 5.78 Å². The van der Waals surface area contributed by atoms with Crippen LogP contribution in [0.3, 0.4) is 0 Å². The number of hydrogen-bond donors (Lipinski definition) is 1. The number of Topliss-reactive ketones (excluding diaryl/α,β-unsaturated/α-hetero) is 2. The number of hydrogen-bond acceptors (Lipinski definition) is 7. The van der Waals surface area contributed by atoms with E-state index in [0.717, 1.165) is 29.7 Å². The molecule has 3 rings (SSSR count). The lowest BCUT2D eigenvalue weighted by atomic mass is 9.67. The summed E-state index contributed by atoms with van der Waals surface area (Å²) >= 11 is 0. The van der Waals surface area contributed by atoms with Crippen LogP contribution in [0.2, 0.25) is 0 Å². The topological polar surface area (TPSA) is 98.9 Å². The van der Waals surface area contributed by atoms with E-state index in [0.29, 0.717) is 39.1 Å². The van der Waals surface area contributed by atoms with Crippen LogP contribution in [-0.2, 0) is 25.6 Å². The minimum Gasteiger partial charge on any atom is -0.464 e. The van der Waals surface area contributed by atoms with Gasteiger partial charge >= 0.3 is 0 Å². The number of methoxy groups -OCH3 is 1. The van der Waals surface area contributed by atoms with Crippen LogP contribution in [0.1, 0.15) is 41.6 Å². The molecule has 164 valence electrons. The SMILES string of the molecule is C=CCOC=O.COCCCC1CC(=O)C[C@@H]2[C@H]1C(=O)c1cc(CN)ccc1N2C. The summed E-state index contributed by atoms with van der Waals surface area (Å²) in [5, 5.41) is 0. The highest BCUT2D eigenvalue weighted by molar-refractivity contribution is 6.07. The monoisotopic (exact) mass is 416 g/mol. The van der Waals surface area contributed by atoms with Crippen molar-refractivity contribution in [3.05, 3.63) is 42.0 Å². The lowest BCUT2D eigenvalue weighted by molar-refractivity contribution is -0.127. The quantitative estimate of drug-likeness (QED) is 0.395. The molecule has 0 saturated heterocycles. The Morgan fingerprint density at radius 3 is 2.67 bits per heavy atom. The third kappa shape index (κ3) is 5.55. The second kappa shape index (κ2) is 11.6. The summed E-state index contributed by atoms with van der Waals surface area (Å²) in [6.07, 6.45) is 4.22. The van der Waals surface area contributed by atoms with Gasteiger partial charge in [-0.15, -0.1) is 0 Å². The number of nitrogens with zero attached hydrogens (tertiary/aromatic N) is 1. The lowest BCUT2D eigenvalue weighted by Crippen LogP contribution is -2.53. The van der Waals surface area contributed by atoms with Gasteiger partial charge < -0.3 is 20.1 Å². The molecule has 7 nitrogen and oxygen atoms in total. The summed E-state index contributed by atoms with van der Waals surface area (Å²) in [5.41, 5.74) is 8.38. The van der Waals surface area contributed by atoms with Crippen LogP contribution >= 0.6 is 0 Å². The molecule has 0 spiro atoms. The van der Waals surface area contributed by atoms with E-state index in [1.807, 2.05) is 25.2 Å². The first-order chi connectivity index (χ1) is 14.5. The van der Waals surface area contributed by atoms with Gasteiger partial charge in [-0.05, 0) is 36.5 Å². The number of rotatable bonds is 8. The third-order valence-electron chi connectivity index (χ3n) is 5.80. The lowest BCUT2D eigenvalue weighted by Gasteiger charge is -2.46. The fraction of sp³-hybridized carbons (Fsp3) is 0.522. The van der Waals surface area contributed by atoms with E-state index in [4.69, 9.17) is 10.5 Å². The van der Waals surface area contributed by atoms with E-state index in [9.17, 15) is 14.4 Å². The highest BCUT2D eigenvalue weighted by atomic mass is 16.5. The molecular weight excluding hydrogens is 384 g/mol. The number of ether oxygens (including phenoxy) is 2. The van der Waals surface area contributed by atoms with E-state index in [1.54, 1.807) is 7.11 Å². The third-order valence-corrected chi connectivity index (χ3v) is 5.80. The van der Waals surface area contributed by atoms with Gasteiger partial charge in [0.25, 0.3) is 6.47 Å². The zero-order valence-electron chi connectivity index (χ0n) is 17.8. The first-order valence-electron chi connectivity index (χ1n) is 10.2. The van der Waals surface area contributed by atoms with Gasteiger partial charge in [0, 0.05) is 63.4 Å². The number of ketones is 2. The van der Waals surface area contributed by atoms with Crippen molar-refractivity contribution in [2.24, 2.45) is 17.6 Å². The largest absolute Gasteiger partial charge is 0.464 e. The Hall–Kier alpha value is -2.51. The van der Waals surface area contributed by atoms with Crippen molar-refractivity contribution in [1.29, 1.82) is 0 Å². The van der Waals surface area contributed by atoms with Crippen LogP contribution in [0.25, 0.3) is 0 Å². The molecule has 1 aromatic carbocycles. The first kappa shape index (κ1) is 23.8. The summed E-state index contributed by atoms with van der Waals surface area (Å²) < 4.78 is 9.32. The van der Waals surface area contributed by atoms with Crippen LogP contribution in [0.4, 0.5) is 5.69 Å². The predicted molar refractivity (Wildman–Crippen MR) is 115 cm³/mol. The normalized spacial score (nSPS) is 22.4. The highest BCUT2D eigenvalue weighted by Crippen LogP contribution is 2.43. The first-order valence-corrected chi connectivity index (χ1v) is 10.2. The number of anilines is 1. The van der Waals surface area contributed by atoms with Gasteiger partial charge in [0.05, 0.1) is 0 Å². The number of carbonyl (C=O) groups excluding carboxylic acids is 3. The standard InChI is InChI=1S/C19H26N2O3.C4H6O2/c1-21-16-6-5-12(11-20)8-15(16)19(23)18-13(4-3-7-24-2)9-14(22)10-17(18)21;1-2-3-6-4-5/h5-6,8,13,17-18H,3-4,7,9-11,20H2,1-2H3;2,4H,1,3H2/t13?,17-,18+;/m1./s1. The van der Waals surface area contributed by atoms with Crippen LogP contribution in [0, 0.1) is 11.8 Å². The van der Waals surface area contributed by atoms with Gasteiger partial charge in [-0.25, -0.2) is 0 Å². The van der Waals surface area contributed by atoms with Crippen molar-refractivity contribution in [3.8, 4) is 0 Å². The molecule has 0 radical (unpaired) electrons. The second-order valence-corrected chi connectivity index (χ2v) is 7.68. The number of nitrogens with two attached hydrogens (primary N) is 1. The Morgan fingerprint density at radius 2 is 2.07 bits per heavy atom. The fourth-order valence-electron chi connectivity index (χ4n) is 4.40. The van der Waals surface area contributed by atoms with E-state index < -0.39 is 0 Å². The Labute approximate surface area is 178 Å². The molecule has 1 unspecified atom stereocenters. The van der Waals surface area contributed by atoms with Crippen molar-refractivity contribution in [2.45, 2.75) is 38.3 Å². The molecule has 1 aromatic rings. The molecule has 1 aliphatic carbocycles. The van der Waals surface area contributed by atoms with Crippen molar-refractivity contribution in [3.63, 3.8) is 0 Å². The van der Waals surface area contributed by atoms with Crippen LogP contribution in [0.5, 0.6) is 0 Å². The van der Waals surface area contributed by atoms with Crippen LogP contribution in [0.15, 0.2) is 30.9 Å². The Balaban J connectivity index is 0.000000469. The summed E-state index contributed by atoms with van der Waals surface area (Å²) in [4.78, 5) is 36.9. The molecule has 0 aromatic heterocycles. The van der Waals surface area contributed by atoms with Gasteiger partial charge in [0.1, 0.15) is 12.4 Å². The molecule has 3 atom stereocenters. The number of carbonyl (C=O) groups is 3. The van der Waals surface area contributed by atoms with E-state index in [2.05, 4.69) is 16.2 Å². The summed E-state index contributed by atoms with van der Waals surface area (Å²) in [7, 11) is 3.68. The molecule has 1 fully saturated rings. The van der Waals surface area contributed by atoms with Crippen molar-refractivity contribution >= 4 is 23.7 Å². The summed E-state index contributed by atoms with van der Waals surface area (Å²) in [6.45, 7) is 5.11. The Kier molecular flexibility index (Phi) is 9.20. The molecular formula is C23H32N2O5. The highest BCUT2D eigenvalue weighted by Gasteiger charge is 2.47. The van der Waals surface area contributed by atoms with Crippen molar-refractivity contribution in [2.75, 3.05) is 32.3 Å². The molecule has 1 aliphatic heterocycles. The van der Waals surface area contributed by atoms with Gasteiger partial charge in [-0.2, -0.15) is 0 Å². The van der Waals surface area contributed by atoms with E-state index >= 15 is 0 Å². The molecule has 30 heavy (non-hydrogen) atoms.